The molecule has 3 heteroatoms. The van der Waals surface area contributed by atoms with E-state index >= 15 is 0 Å². The summed E-state index contributed by atoms with van der Waals surface area (Å²) in [5.41, 5.74) is 0. The first-order valence-electron chi connectivity index (χ1n) is 2.01. The first kappa shape index (κ1) is 10.1. The van der Waals surface area contributed by atoms with Gasteiger partial charge in [0.15, 0.2) is 0 Å². The third kappa shape index (κ3) is 10.7. The van der Waals surface area contributed by atoms with Gasteiger partial charge in [-0.3, -0.25) is 4.79 Å². The van der Waals surface area contributed by atoms with Gasteiger partial charge >= 0.3 is 18.9 Å². The van der Waals surface area contributed by atoms with Crippen LogP contribution in [0.2, 0.25) is 0 Å². The van der Waals surface area contributed by atoms with Crippen molar-refractivity contribution in [2.75, 3.05) is 6.54 Å². The summed E-state index contributed by atoms with van der Waals surface area (Å²) in [6.45, 7) is 4.13. The summed E-state index contributed by atoms with van der Waals surface area (Å²) in [7, 11) is 0. The zero-order valence-corrected chi connectivity index (χ0v) is 5.12. The average Bonchev–Trinajstić information content (AvgIpc) is 1.35. The van der Waals surface area contributed by atoms with Gasteiger partial charge in [-0.2, -0.15) is 0 Å². The summed E-state index contributed by atoms with van der Waals surface area (Å²) in [5, 5.41) is 2.57. The van der Waals surface area contributed by atoms with E-state index in [9.17, 15) is 4.79 Å². The van der Waals surface area contributed by atoms with E-state index in [0.29, 0.717) is 0 Å². The molecule has 0 atom stereocenters. The van der Waals surface area contributed by atoms with Crippen molar-refractivity contribution < 1.29 is 25.1 Å². The smallest absolute Gasteiger partial charge is 1.00 e. The fourth-order valence-corrected chi connectivity index (χ4v) is 0.249. The Morgan fingerprint density at radius 2 is 2.29 bits per heavy atom. The molecule has 2 nitrogen and oxygen atoms in total. The van der Waals surface area contributed by atoms with Crippen LogP contribution in [0.4, 0.5) is 0 Å². The normalized spacial score (nSPS) is 6.57. The van der Waals surface area contributed by atoms with E-state index < -0.39 is 0 Å². The molecular formula is C4H10LiNO. The standard InChI is InChI=1S/C4H9NO.Li.H/c1-3-5-4(2)6;;/h3H2,1-2H3,(H,5,6);;/q;+1;-1. The van der Waals surface area contributed by atoms with Crippen LogP contribution in [0.15, 0.2) is 0 Å². The molecule has 0 aliphatic heterocycles. The minimum Gasteiger partial charge on any atom is -1.00 e. The van der Waals surface area contributed by atoms with E-state index in [2.05, 4.69) is 5.32 Å². The predicted molar refractivity (Wildman–Crippen MR) is 25.5 cm³/mol. The van der Waals surface area contributed by atoms with Crippen molar-refractivity contribution in [1.29, 1.82) is 0 Å². The fourth-order valence-electron chi connectivity index (χ4n) is 0.249. The zero-order chi connectivity index (χ0) is 4.99. The molecule has 0 bridgehead atoms. The maximum atomic E-state index is 9.93. The average molecular weight is 95.1 g/mol. The number of rotatable bonds is 1. The van der Waals surface area contributed by atoms with Crippen molar-refractivity contribution in [3.05, 3.63) is 0 Å². The Bertz CT molecular complexity index is 60.0. The fraction of sp³-hybridized carbons (Fsp3) is 0.750. The molecule has 0 fully saturated rings. The summed E-state index contributed by atoms with van der Waals surface area (Å²) < 4.78 is 0. The van der Waals surface area contributed by atoms with Crippen molar-refractivity contribution in [3.8, 4) is 0 Å². The van der Waals surface area contributed by atoms with Crippen molar-refractivity contribution >= 4 is 5.91 Å². The Labute approximate surface area is 57.3 Å². The largest absolute Gasteiger partial charge is 1.00 e. The molecule has 0 aliphatic rings. The van der Waals surface area contributed by atoms with Crippen LogP contribution >= 0.6 is 0 Å². The number of carbonyl (C=O) groups is 1. The molecule has 0 saturated carbocycles. The molecule has 0 aromatic rings. The third-order valence-corrected chi connectivity index (χ3v) is 0.426. The SMILES string of the molecule is CCNC(C)=O.[H-].[Li+]. The summed E-state index contributed by atoms with van der Waals surface area (Å²) in [5.74, 6) is 0.0394. The van der Waals surface area contributed by atoms with Crippen LogP contribution < -0.4 is 24.2 Å². The van der Waals surface area contributed by atoms with Crippen LogP contribution in [-0.2, 0) is 4.79 Å². The molecule has 0 radical (unpaired) electrons. The van der Waals surface area contributed by atoms with Gasteiger partial charge in [-0.15, -0.1) is 0 Å². The molecule has 0 aromatic heterocycles. The Kier molecular flexibility index (Phi) is 8.78. The Morgan fingerprint density at radius 1 is 1.86 bits per heavy atom. The first-order chi connectivity index (χ1) is 2.77. The van der Waals surface area contributed by atoms with Gasteiger partial charge in [-0.25, -0.2) is 0 Å². The van der Waals surface area contributed by atoms with Crippen molar-refractivity contribution in [3.63, 3.8) is 0 Å². The predicted octanol–water partition coefficient (Wildman–Crippen LogP) is -2.74. The number of hydrogen-bond donors (Lipinski definition) is 1. The molecule has 0 saturated heterocycles. The molecule has 0 aliphatic carbocycles. The van der Waals surface area contributed by atoms with Crippen molar-refractivity contribution in [2.24, 2.45) is 0 Å². The van der Waals surface area contributed by atoms with Gasteiger partial charge in [0.25, 0.3) is 0 Å². The van der Waals surface area contributed by atoms with Gasteiger partial charge in [0.2, 0.25) is 5.91 Å². The van der Waals surface area contributed by atoms with Crippen LogP contribution in [0.5, 0.6) is 0 Å². The van der Waals surface area contributed by atoms with E-state index in [4.69, 9.17) is 0 Å². The second kappa shape index (κ2) is 6.07. The van der Waals surface area contributed by atoms with E-state index in [0.717, 1.165) is 6.54 Å². The van der Waals surface area contributed by atoms with Crippen LogP contribution in [-0.4, -0.2) is 12.5 Å². The molecule has 7 heavy (non-hydrogen) atoms. The number of amides is 1. The summed E-state index contributed by atoms with van der Waals surface area (Å²) in [4.78, 5) is 9.93. The summed E-state index contributed by atoms with van der Waals surface area (Å²) in [6, 6.07) is 0. The van der Waals surface area contributed by atoms with Gasteiger partial charge in [0.05, 0.1) is 0 Å². The molecule has 0 aromatic carbocycles. The summed E-state index contributed by atoms with van der Waals surface area (Å²) >= 11 is 0. The van der Waals surface area contributed by atoms with Crippen LogP contribution in [0, 0.1) is 0 Å². The second-order valence-corrected chi connectivity index (χ2v) is 1.09. The summed E-state index contributed by atoms with van der Waals surface area (Å²) in [6.07, 6.45) is 0. The maximum absolute atomic E-state index is 9.93. The number of hydrogen-bond acceptors (Lipinski definition) is 1. The Hall–Kier alpha value is 0.0674. The molecule has 0 rings (SSSR count). The van der Waals surface area contributed by atoms with Gasteiger partial charge < -0.3 is 6.74 Å². The third-order valence-electron chi connectivity index (χ3n) is 0.426. The molecule has 1 N–H and O–H groups in total. The topological polar surface area (TPSA) is 29.1 Å². The van der Waals surface area contributed by atoms with Crippen LogP contribution in [0.1, 0.15) is 15.3 Å². The number of nitrogens with one attached hydrogen (secondary N) is 1. The maximum Gasteiger partial charge on any atom is 1.00 e. The molecule has 38 valence electrons. The van der Waals surface area contributed by atoms with E-state index in [1.807, 2.05) is 6.92 Å². The van der Waals surface area contributed by atoms with E-state index in [1.54, 1.807) is 0 Å². The van der Waals surface area contributed by atoms with Crippen LogP contribution in [0.3, 0.4) is 0 Å². The quantitative estimate of drug-likeness (QED) is 0.352. The number of carbonyl (C=O) groups excluding carboxylic acids is 1. The van der Waals surface area contributed by atoms with Gasteiger partial charge in [0, 0.05) is 13.5 Å². The molecule has 1 amide bonds. The Balaban J connectivity index is -0.000000125. The van der Waals surface area contributed by atoms with Gasteiger partial charge in [-0.1, -0.05) is 0 Å². The van der Waals surface area contributed by atoms with Crippen molar-refractivity contribution in [2.45, 2.75) is 13.8 Å². The monoisotopic (exact) mass is 95.1 g/mol. The first-order valence-corrected chi connectivity index (χ1v) is 2.01. The molecule has 0 unspecified atom stereocenters. The minimum absolute atomic E-state index is 0. The van der Waals surface area contributed by atoms with Gasteiger partial charge in [0.1, 0.15) is 0 Å². The zero-order valence-electron chi connectivity index (χ0n) is 6.12. The van der Waals surface area contributed by atoms with Crippen LogP contribution in [0.25, 0.3) is 0 Å². The molecular weight excluding hydrogens is 85.0 g/mol. The minimum atomic E-state index is 0. The molecule has 0 spiro atoms. The van der Waals surface area contributed by atoms with E-state index in [1.165, 1.54) is 6.92 Å². The Morgan fingerprint density at radius 3 is 2.29 bits per heavy atom. The van der Waals surface area contributed by atoms with Crippen molar-refractivity contribution in [1.82, 2.24) is 5.32 Å². The van der Waals surface area contributed by atoms with Gasteiger partial charge in [-0.05, 0) is 6.92 Å². The van der Waals surface area contributed by atoms with E-state index in [-0.39, 0.29) is 26.2 Å². The molecule has 0 heterocycles. The second-order valence-electron chi connectivity index (χ2n) is 1.09.